The van der Waals surface area contributed by atoms with Gasteiger partial charge < -0.3 is 15.5 Å². The molecule has 16 heavy (non-hydrogen) atoms. The van der Waals surface area contributed by atoms with E-state index in [0.717, 1.165) is 0 Å². The number of nitrogens with one attached hydrogen (secondary N) is 1. The molecule has 0 aromatic carbocycles. The second-order valence-corrected chi connectivity index (χ2v) is 4.00. The van der Waals surface area contributed by atoms with Crippen LogP contribution in [0.25, 0.3) is 6.08 Å². The van der Waals surface area contributed by atoms with Gasteiger partial charge in [-0.3, -0.25) is 4.79 Å². The van der Waals surface area contributed by atoms with E-state index in [-0.39, 0.29) is 11.9 Å². The minimum absolute atomic E-state index is 0.0130. The molecule has 0 saturated carbocycles. The van der Waals surface area contributed by atoms with Crippen molar-refractivity contribution in [2.75, 3.05) is 6.54 Å². The molecular formula is C12H18N2O2. The molecule has 4 nitrogen and oxygen atoms in total. The Morgan fingerprint density at radius 1 is 1.62 bits per heavy atom. The maximum Gasteiger partial charge on any atom is 0.244 e. The number of nitrogens with two attached hydrogens (primary N) is 1. The first kappa shape index (κ1) is 12.5. The van der Waals surface area contributed by atoms with Crippen LogP contribution in [0, 0.1) is 5.92 Å². The van der Waals surface area contributed by atoms with E-state index >= 15 is 0 Å². The zero-order valence-electron chi connectivity index (χ0n) is 9.64. The molecule has 0 aliphatic carbocycles. The second-order valence-electron chi connectivity index (χ2n) is 4.00. The second kappa shape index (κ2) is 6.12. The molecule has 88 valence electrons. The molecule has 4 heteroatoms. The Balaban J connectivity index is 2.31. The molecule has 0 radical (unpaired) electrons. The average Bonchev–Trinajstić information content (AvgIpc) is 2.75. The van der Waals surface area contributed by atoms with Crippen LogP contribution in [0.1, 0.15) is 19.6 Å². The van der Waals surface area contributed by atoms with Crippen LogP contribution in [-0.2, 0) is 4.79 Å². The summed E-state index contributed by atoms with van der Waals surface area (Å²) in [7, 11) is 0. The van der Waals surface area contributed by atoms with Crippen molar-refractivity contribution in [3.05, 3.63) is 30.2 Å². The third-order valence-electron chi connectivity index (χ3n) is 2.31. The predicted molar refractivity (Wildman–Crippen MR) is 63.6 cm³/mol. The van der Waals surface area contributed by atoms with E-state index in [1.54, 1.807) is 24.5 Å². The van der Waals surface area contributed by atoms with Gasteiger partial charge in [0.1, 0.15) is 5.76 Å². The Kier molecular flexibility index (Phi) is 4.79. The standard InChI is InChI=1S/C12H18N2O2/c1-9(2)11(13)8-14-12(15)6-5-10-4-3-7-16-10/h3-7,9,11H,8,13H2,1-2H3,(H,14,15). The van der Waals surface area contributed by atoms with Gasteiger partial charge in [-0.05, 0) is 24.1 Å². The fourth-order valence-electron chi connectivity index (χ4n) is 1.06. The third-order valence-corrected chi connectivity index (χ3v) is 2.31. The van der Waals surface area contributed by atoms with Crippen molar-refractivity contribution in [1.29, 1.82) is 0 Å². The van der Waals surface area contributed by atoms with Gasteiger partial charge in [0.15, 0.2) is 0 Å². The Labute approximate surface area is 95.5 Å². The van der Waals surface area contributed by atoms with Crippen molar-refractivity contribution in [3.63, 3.8) is 0 Å². The molecule has 1 heterocycles. The van der Waals surface area contributed by atoms with Crippen LogP contribution in [0.5, 0.6) is 0 Å². The van der Waals surface area contributed by atoms with Gasteiger partial charge in [-0.25, -0.2) is 0 Å². The summed E-state index contributed by atoms with van der Waals surface area (Å²) in [6, 6.07) is 3.54. The molecule has 1 atom stereocenters. The fraction of sp³-hybridized carbons (Fsp3) is 0.417. The quantitative estimate of drug-likeness (QED) is 0.740. The Hall–Kier alpha value is -1.55. The summed E-state index contributed by atoms with van der Waals surface area (Å²) < 4.78 is 5.06. The van der Waals surface area contributed by atoms with Crippen molar-refractivity contribution >= 4 is 12.0 Å². The highest BCUT2D eigenvalue weighted by molar-refractivity contribution is 5.91. The van der Waals surface area contributed by atoms with Crippen molar-refractivity contribution < 1.29 is 9.21 Å². The molecule has 1 amide bonds. The van der Waals surface area contributed by atoms with Crippen LogP contribution < -0.4 is 11.1 Å². The van der Waals surface area contributed by atoms with E-state index in [2.05, 4.69) is 5.32 Å². The van der Waals surface area contributed by atoms with Crippen LogP contribution >= 0.6 is 0 Å². The molecule has 3 N–H and O–H groups in total. The number of hydrogen-bond acceptors (Lipinski definition) is 3. The Morgan fingerprint density at radius 3 is 2.94 bits per heavy atom. The maximum absolute atomic E-state index is 11.4. The number of furan rings is 1. The van der Waals surface area contributed by atoms with E-state index < -0.39 is 0 Å². The van der Waals surface area contributed by atoms with Gasteiger partial charge in [-0.1, -0.05) is 13.8 Å². The summed E-state index contributed by atoms with van der Waals surface area (Å²) in [4.78, 5) is 11.4. The molecule has 1 aromatic rings. The van der Waals surface area contributed by atoms with Gasteiger partial charge in [-0.2, -0.15) is 0 Å². The molecular weight excluding hydrogens is 204 g/mol. The van der Waals surface area contributed by atoms with E-state index in [4.69, 9.17) is 10.2 Å². The monoisotopic (exact) mass is 222 g/mol. The molecule has 0 aliphatic rings. The molecule has 1 unspecified atom stereocenters. The van der Waals surface area contributed by atoms with E-state index in [1.165, 1.54) is 6.08 Å². The van der Waals surface area contributed by atoms with Gasteiger partial charge in [-0.15, -0.1) is 0 Å². The normalized spacial score (nSPS) is 13.2. The minimum atomic E-state index is -0.160. The van der Waals surface area contributed by atoms with Crippen molar-refractivity contribution in [2.45, 2.75) is 19.9 Å². The van der Waals surface area contributed by atoms with Gasteiger partial charge in [0.2, 0.25) is 5.91 Å². The number of rotatable bonds is 5. The molecule has 1 rings (SSSR count). The summed E-state index contributed by atoms with van der Waals surface area (Å²) >= 11 is 0. The fourth-order valence-corrected chi connectivity index (χ4v) is 1.06. The molecule has 0 fully saturated rings. The zero-order valence-corrected chi connectivity index (χ0v) is 9.64. The zero-order chi connectivity index (χ0) is 12.0. The first-order chi connectivity index (χ1) is 7.59. The van der Waals surface area contributed by atoms with Gasteiger partial charge >= 0.3 is 0 Å². The van der Waals surface area contributed by atoms with Crippen LogP contribution in [0.4, 0.5) is 0 Å². The molecule has 0 bridgehead atoms. The summed E-state index contributed by atoms with van der Waals surface area (Å²) in [5, 5.41) is 2.73. The summed E-state index contributed by atoms with van der Waals surface area (Å²) in [5.41, 5.74) is 5.80. The van der Waals surface area contributed by atoms with E-state index in [1.807, 2.05) is 13.8 Å². The van der Waals surface area contributed by atoms with Crippen molar-refractivity contribution in [3.8, 4) is 0 Å². The molecule has 1 aromatic heterocycles. The van der Waals surface area contributed by atoms with E-state index in [9.17, 15) is 4.79 Å². The van der Waals surface area contributed by atoms with Crippen LogP contribution in [0.15, 0.2) is 28.9 Å². The summed E-state index contributed by atoms with van der Waals surface area (Å²) in [6.07, 6.45) is 4.62. The maximum atomic E-state index is 11.4. The lowest BCUT2D eigenvalue weighted by molar-refractivity contribution is -0.116. The number of carbonyl (C=O) groups excluding carboxylic acids is 1. The van der Waals surface area contributed by atoms with E-state index in [0.29, 0.717) is 18.2 Å². The number of amides is 1. The largest absolute Gasteiger partial charge is 0.465 e. The molecule has 0 aliphatic heterocycles. The van der Waals surface area contributed by atoms with Crippen molar-refractivity contribution in [2.24, 2.45) is 11.7 Å². The highest BCUT2D eigenvalue weighted by Crippen LogP contribution is 2.01. The highest BCUT2D eigenvalue weighted by atomic mass is 16.3. The Morgan fingerprint density at radius 2 is 2.38 bits per heavy atom. The lowest BCUT2D eigenvalue weighted by Gasteiger charge is -2.15. The average molecular weight is 222 g/mol. The first-order valence-corrected chi connectivity index (χ1v) is 5.34. The van der Waals surface area contributed by atoms with Crippen LogP contribution in [0.3, 0.4) is 0 Å². The van der Waals surface area contributed by atoms with Crippen LogP contribution in [-0.4, -0.2) is 18.5 Å². The molecule has 0 spiro atoms. The minimum Gasteiger partial charge on any atom is -0.465 e. The lowest BCUT2D eigenvalue weighted by atomic mass is 10.1. The topological polar surface area (TPSA) is 68.3 Å². The van der Waals surface area contributed by atoms with Gasteiger partial charge in [0, 0.05) is 18.7 Å². The highest BCUT2D eigenvalue weighted by Gasteiger charge is 2.07. The smallest absolute Gasteiger partial charge is 0.244 e. The van der Waals surface area contributed by atoms with Gasteiger partial charge in [0.25, 0.3) is 0 Å². The third kappa shape index (κ3) is 4.31. The summed E-state index contributed by atoms with van der Waals surface area (Å²) in [6.45, 7) is 4.53. The van der Waals surface area contributed by atoms with Crippen LogP contribution in [0.2, 0.25) is 0 Å². The summed E-state index contributed by atoms with van der Waals surface area (Å²) in [5.74, 6) is 0.852. The first-order valence-electron chi connectivity index (χ1n) is 5.34. The predicted octanol–water partition coefficient (Wildman–Crippen LogP) is 1.39. The molecule has 0 saturated heterocycles. The van der Waals surface area contributed by atoms with Crippen molar-refractivity contribution in [1.82, 2.24) is 5.32 Å². The Bertz CT molecular complexity index is 342. The lowest BCUT2D eigenvalue weighted by Crippen LogP contribution is -2.39. The SMILES string of the molecule is CC(C)C(N)CNC(=O)C=Cc1ccco1. The van der Waals surface area contributed by atoms with Gasteiger partial charge in [0.05, 0.1) is 6.26 Å². The number of hydrogen-bond donors (Lipinski definition) is 2. The number of carbonyl (C=O) groups is 1.